The number of hydrogen-bond acceptors (Lipinski definition) is 6. The van der Waals surface area contributed by atoms with E-state index in [4.69, 9.17) is 10.5 Å². The highest BCUT2D eigenvalue weighted by Gasteiger charge is 2.27. The lowest BCUT2D eigenvalue weighted by atomic mass is 10.0. The predicted octanol–water partition coefficient (Wildman–Crippen LogP) is 2.13. The molecule has 5 N–H and O–H groups in total. The van der Waals surface area contributed by atoms with Gasteiger partial charge in [0.05, 0.1) is 24.1 Å². The number of nitrogens with one attached hydrogen (secondary N) is 2. The van der Waals surface area contributed by atoms with Crippen LogP contribution in [0.4, 0.5) is 0 Å². The number of rotatable bonds is 12. The fourth-order valence-corrected chi connectivity index (χ4v) is 3.71. The average molecular weight is 518 g/mol. The van der Waals surface area contributed by atoms with E-state index in [1.54, 1.807) is 6.92 Å². The van der Waals surface area contributed by atoms with Crippen molar-refractivity contribution in [1.82, 2.24) is 10.6 Å². The third kappa shape index (κ3) is 8.56. The summed E-state index contributed by atoms with van der Waals surface area (Å²) in [6, 6.07) is 22.3. The van der Waals surface area contributed by atoms with Gasteiger partial charge in [0.2, 0.25) is 11.8 Å². The molecule has 0 radical (unpaired) electrons. The lowest BCUT2D eigenvalue weighted by Gasteiger charge is -2.25. The maximum Gasteiger partial charge on any atom is 0.338 e. The van der Waals surface area contributed by atoms with Crippen LogP contribution in [0.2, 0.25) is 0 Å². The molecule has 0 aromatic heterocycles. The lowest BCUT2D eigenvalue weighted by Crippen LogP contribution is -2.53. The Hall–Kier alpha value is -4.50. The van der Waals surface area contributed by atoms with Crippen molar-refractivity contribution in [2.45, 2.75) is 44.6 Å². The molecule has 0 aliphatic rings. The Bertz CT molecular complexity index is 1230. The van der Waals surface area contributed by atoms with Gasteiger partial charge in [-0.15, -0.1) is 0 Å². The van der Waals surface area contributed by atoms with Gasteiger partial charge in [0.15, 0.2) is 0 Å². The van der Waals surface area contributed by atoms with Crippen LogP contribution in [0, 0.1) is 0 Å². The SMILES string of the molecule is C[C@@H](O)[C@H](Cc1ccccc1)NC(=O)[C@H](CC(N)=O)NC(=O)c1ccc(C(=O)OCc2ccccc2)cc1. The Morgan fingerprint density at radius 1 is 0.816 bits per heavy atom. The van der Waals surface area contributed by atoms with Crippen molar-refractivity contribution in [1.29, 1.82) is 0 Å². The van der Waals surface area contributed by atoms with Crippen LogP contribution in [0.1, 0.15) is 45.2 Å². The molecule has 0 unspecified atom stereocenters. The van der Waals surface area contributed by atoms with Gasteiger partial charge in [-0.25, -0.2) is 4.79 Å². The number of benzene rings is 3. The summed E-state index contributed by atoms with van der Waals surface area (Å²) in [7, 11) is 0. The molecule has 198 valence electrons. The highest BCUT2D eigenvalue weighted by molar-refractivity contribution is 5.99. The zero-order chi connectivity index (χ0) is 27.5. The molecular formula is C29H31N3O6. The van der Waals surface area contributed by atoms with Crippen LogP contribution in [0.3, 0.4) is 0 Å². The Morgan fingerprint density at radius 3 is 1.92 bits per heavy atom. The first-order valence-electron chi connectivity index (χ1n) is 12.2. The van der Waals surface area contributed by atoms with Crippen molar-refractivity contribution >= 4 is 23.7 Å². The fourth-order valence-electron chi connectivity index (χ4n) is 3.71. The maximum absolute atomic E-state index is 13.0. The monoisotopic (exact) mass is 517 g/mol. The molecule has 0 fully saturated rings. The van der Waals surface area contributed by atoms with Crippen LogP contribution in [-0.2, 0) is 27.4 Å². The average Bonchev–Trinajstić information content (AvgIpc) is 2.91. The Kier molecular flexibility index (Phi) is 10.1. The summed E-state index contributed by atoms with van der Waals surface area (Å²) in [5.74, 6) is -2.61. The highest BCUT2D eigenvalue weighted by atomic mass is 16.5. The van der Waals surface area contributed by atoms with Gasteiger partial charge in [-0.2, -0.15) is 0 Å². The number of aliphatic hydroxyl groups is 1. The molecule has 38 heavy (non-hydrogen) atoms. The van der Waals surface area contributed by atoms with E-state index >= 15 is 0 Å². The summed E-state index contributed by atoms with van der Waals surface area (Å²) in [5.41, 5.74) is 7.48. The molecule has 0 bridgehead atoms. The molecule has 3 atom stereocenters. The van der Waals surface area contributed by atoms with Crippen molar-refractivity contribution in [3.8, 4) is 0 Å². The third-order valence-corrected chi connectivity index (χ3v) is 5.83. The van der Waals surface area contributed by atoms with Crippen LogP contribution in [0.25, 0.3) is 0 Å². The normalized spacial score (nSPS) is 13.0. The number of hydrogen-bond donors (Lipinski definition) is 4. The number of primary amides is 1. The van der Waals surface area contributed by atoms with Gasteiger partial charge >= 0.3 is 5.97 Å². The van der Waals surface area contributed by atoms with Crippen LogP contribution >= 0.6 is 0 Å². The van der Waals surface area contributed by atoms with Gasteiger partial charge < -0.3 is 26.2 Å². The molecule has 0 saturated heterocycles. The van der Waals surface area contributed by atoms with Crippen LogP contribution in [-0.4, -0.2) is 47.0 Å². The zero-order valence-corrected chi connectivity index (χ0v) is 21.0. The molecule has 3 aromatic carbocycles. The molecule has 9 heteroatoms. The van der Waals surface area contributed by atoms with E-state index in [1.807, 2.05) is 60.7 Å². The van der Waals surface area contributed by atoms with Crippen molar-refractivity contribution < 1.29 is 29.0 Å². The molecule has 0 spiro atoms. The quantitative estimate of drug-likeness (QED) is 0.271. The molecule has 9 nitrogen and oxygen atoms in total. The van der Waals surface area contributed by atoms with E-state index in [0.717, 1.165) is 11.1 Å². The van der Waals surface area contributed by atoms with Gasteiger partial charge in [-0.05, 0) is 48.7 Å². The number of amides is 3. The van der Waals surface area contributed by atoms with E-state index in [9.17, 15) is 24.3 Å². The van der Waals surface area contributed by atoms with E-state index in [-0.39, 0.29) is 17.7 Å². The number of ether oxygens (including phenoxy) is 1. The molecular weight excluding hydrogens is 486 g/mol. The first kappa shape index (κ1) is 28.1. The Morgan fingerprint density at radius 2 is 1.37 bits per heavy atom. The van der Waals surface area contributed by atoms with Gasteiger partial charge in [0, 0.05) is 5.56 Å². The van der Waals surface area contributed by atoms with Crippen LogP contribution in [0.5, 0.6) is 0 Å². The lowest BCUT2D eigenvalue weighted by molar-refractivity contribution is -0.128. The van der Waals surface area contributed by atoms with E-state index in [0.29, 0.717) is 6.42 Å². The van der Waals surface area contributed by atoms with E-state index < -0.39 is 48.3 Å². The molecule has 0 heterocycles. The number of carbonyl (C=O) groups is 4. The van der Waals surface area contributed by atoms with Gasteiger partial charge in [-0.3, -0.25) is 14.4 Å². The first-order chi connectivity index (χ1) is 18.2. The first-order valence-corrected chi connectivity index (χ1v) is 12.2. The van der Waals surface area contributed by atoms with E-state index in [2.05, 4.69) is 10.6 Å². The topological polar surface area (TPSA) is 148 Å². The third-order valence-electron chi connectivity index (χ3n) is 5.83. The number of esters is 1. The number of aliphatic hydroxyl groups excluding tert-OH is 1. The fraction of sp³-hybridized carbons (Fsp3) is 0.241. The summed E-state index contributed by atoms with van der Waals surface area (Å²) in [5, 5.41) is 15.4. The molecule has 3 amide bonds. The van der Waals surface area contributed by atoms with Gasteiger partial charge in [0.1, 0.15) is 12.6 Å². The maximum atomic E-state index is 13.0. The Labute approximate surface area is 221 Å². The minimum absolute atomic E-state index is 0.115. The summed E-state index contributed by atoms with van der Waals surface area (Å²) in [6.07, 6.45) is -0.971. The number of carbonyl (C=O) groups excluding carboxylic acids is 4. The van der Waals surface area contributed by atoms with Gasteiger partial charge in [0.25, 0.3) is 5.91 Å². The van der Waals surface area contributed by atoms with E-state index in [1.165, 1.54) is 24.3 Å². The summed E-state index contributed by atoms with van der Waals surface area (Å²) < 4.78 is 5.29. The van der Waals surface area contributed by atoms with Crippen molar-refractivity contribution in [3.05, 3.63) is 107 Å². The minimum atomic E-state index is -1.26. The standard InChI is InChI=1S/C29H31N3O6/c1-19(33)24(16-20-8-4-2-5-9-20)31-28(36)25(17-26(30)34)32-27(35)22-12-14-23(15-13-22)29(37)38-18-21-10-6-3-7-11-21/h2-15,19,24-25,33H,16-18H2,1H3,(H2,30,34)(H,31,36)(H,32,35)/t19-,24+,25+/m1/s1. The number of nitrogens with two attached hydrogens (primary N) is 1. The second-order valence-corrected chi connectivity index (χ2v) is 8.88. The second kappa shape index (κ2) is 13.7. The zero-order valence-electron chi connectivity index (χ0n) is 21.0. The van der Waals surface area contributed by atoms with Crippen molar-refractivity contribution in [2.24, 2.45) is 5.73 Å². The molecule has 3 rings (SSSR count). The smallest absolute Gasteiger partial charge is 0.338 e. The predicted molar refractivity (Wildman–Crippen MR) is 141 cm³/mol. The molecule has 3 aromatic rings. The summed E-state index contributed by atoms with van der Waals surface area (Å²) in [4.78, 5) is 49.8. The highest BCUT2D eigenvalue weighted by Crippen LogP contribution is 2.10. The Balaban J connectivity index is 1.62. The second-order valence-electron chi connectivity index (χ2n) is 8.88. The molecule has 0 aliphatic carbocycles. The molecule has 0 aliphatic heterocycles. The largest absolute Gasteiger partial charge is 0.457 e. The van der Waals surface area contributed by atoms with Crippen LogP contribution in [0.15, 0.2) is 84.9 Å². The van der Waals surface area contributed by atoms with Crippen LogP contribution < -0.4 is 16.4 Å². The minimum Gasteiger partial charge on any atom is -0.457 e. The summed E-state index contributed by atoms with van der Waals surface area (Å²) >= 11 is 0. The summed E-state index contributed by atoms with van der Waals surface area (Å²) in [6.45, 7) is 1.66. The van der Waals surface area contributed by atoms with Crippen molar-refractivity contribution in [2.75, 3.05) is 0 Å². The molecule has 0 saturated carbocycles. The van der Waals surface area contributed by atoms with Crippen molar-refractivity contribution in [3.63, 3.8) is 0 Å². The van der Waals surface area contributed by atoms with Gasteiger partial charge in [-0.1, -0.05) is 60.7 Å².